The smallest absolute Gasteiger partial charge is 0.222 e. The Bertz CT molecular complexity index is 493. The summed E-state index contributed by atoms with van der Waals surface area (Å²) < 4.78 is 1.66. The lowest BCUT2D eigenvalue weighted by Gasteiger charge is -2.21. The number of aryl methyl sites for hydroxylation is 1. The maximum atomic E-state index is 12.0. The van der Waals surface area contributed by atoms with Crippen LogP contribution in [0.3, 0.4) is 0 Å². The quantitative estimate of drug-likeness (QED) is 0.881. The second-order valence-electron chi connectivity index (χ2n) is 4.71. The SMILES string of the molecule is CC(C)C(NC(=O)CCn1cncn1)c1cccs1. The fourth-order valence-electron chi connectivity index (χ4n) is 1.84. The summed E-state index contributed by atoms with van der Waals surface area (Å²) in [6.07, 6.45) is 3.50. The first-order chi connectivity index (χ1) is 9.16. The summed E-state index contributed by atoms with van der Waals surface area (Å²) in [7, 11) is 0. The van der Waals surface area contributed by atoms with Crippen molar-refractivity contribution in [1.29, 1.82) is 0 Å². The van der Waals surface area contributed by atoms with Gasteiger partial charge < -0.3 is 5.32 Å². The van der Waals surface area contributed by atoms with Gasteiger partial charge in [0.2, 0.25) is 5.91 Å². The largest absolute Gasteiger partial charge is 0.348 e. The lowest BCUT2D eigenvalue weighted by atomic mass is 10.0. The number of hydrogen-bond donors (Lipinski definition) is 1. The summed E-state index contributed by atoms with van der Waals surface area (Å²) in [5.74, 6) is 0.413. The van der Waals surface area contributed by atoms with Crippen molar-refractivity contribution in [2.24, 2.45) is 5.92 Å². The maximum Gasteiger partial charge on any atom is 0.222 e. The van der Waals surface area contributed by atoms with E-state index in [0.717, 1.165) is 0 Å². The molecule has 1 unspecified atom stereocenters. The second kappa shape index (κ2) is 6.47. The summed E-state index contributed by atoms with van der Waals surface area (Å²) in [5, 5.41) is 9.11. The van der Waals surface area contributed by atoms with Crippen LogP contribution in [-0.4, -0.2) is 20.7 Å². The van der Waals surface area contributed by atoms with E-state index in [2.05, 4.69) is 35.3 Å². The lowest BCUT2D eigenvalue weighted by molar-refractivity contribution is -0.122. The normalized spacial score (nSPS) is 12.6. The number of amides is 1. The average molecular weight is 278 g/mol. The summed E-state index contributed by atoms with van der Waals surface area (Å²) >= 11 is 1.67. The summed E-state index contributed by atoms with van der Waals surface area (Å²) in [5.41, 5.74) is 0. The van der Waals surface area contributed by atoms with Crippen molar-refractivity contribution in [3.63, 3.8) is 0 Å². The summed E-state index contributed by atoms with van der Waals surface area (Å²) in [6, 6.07) is 4.16. The standard InChI is InChI=1S/C13H18N4OS/c1-10(2)13(11-4-3-7-19-11)16-12(18)5-6-17-9-14-8-15-17/h3-4,7-10,13H,5-6H2,1-2H3,(H,16,18). The number of aromatic nitrogens is 3. The summed E-state index contributed by atoms with van der Waals surface area (Å²) in [6.45, 7) is 4.78. The third-order valence-corrected chi connectivity index (χ3v) is 3.82. The van der Waals surface area contributed by atoms with Gasteiger partial charge in [0.15, 0.2) is 0 Å². The van der Waals surface area contributed by atoms with Gasteiger partial charge in [0.05, 0.1) is 12.6 Å². The van der Waals surface area contributed by atoms with E-state index in [4.69, 9.17) is 0 Å². The monoisotopic (exact) mass is 278 g/mol. The van der Waals surface area contributed by atoms with Crippen molar-refractivity contribution >= 4 is 17.2 Å². The first-order valence-corrected chi connectivity index (χ1v) is 7.20. The highest BCUT2D eigenvalue weighted by Gasteiger charge is 2.18. The van der Waals surface area contributed by atoms with Gasteiger partial charge in [0, 0.05) is 11.3 Å². The Labute approximate surface area is 116 Å². The van der Waals surface area contributed by atoms with E-state index in [1.165, 1.54) is 11.2 Å². The fraction of sp³-hybridized carbons (Fsp3) is 0.462. The molecular formula is C13H18N4OS. The molecule has 0 aliphatic heterocycles. The Morgan fingerprint density at radius 3 is 2.95 bits per heavy atom. The van der Waals surface area contributed by atoms with Crippen LogP contribution in [0.15, 0.2) is 30.2 Å². The molecule has 0 saturated carbocycles. The van der Waals surface area contributed by atoms with Gasteiger partial charge in [-0.2, -0.15) is 5.10 Å². The van der Waals surface area contributed by atoms with Crippen LogP contribution in [0.25, 0.3) is 0 Å². The minimum atomic E-state index is 0.0441. The van der Waals surface area contributed by atoms with Crippen LogP contribution in [0, 0.1) is 5.92 Å². The molecule has 0 spiro atoms. The van der Waals surface area contributed by atoms with Crippen molar-refractivity contribution < 1.29 is 4.79 Å². The number of thiophene rings is 1. The van der Waals surface area contributed by atoms with Crippen LogP contribution < -0.4 is 5.32 Å². The highest BCUT2D eigenvalue weighted by molar-refractivity contribution is 7.10. The predicted octanol–water partition coefficient (Wildman–Crippen LogP) is 2.24. The molecule has 0 radical (unpaired) electrons. The maximum absolute atomic E-state index is 12.0. The molecular weight excluding hydrogens is 260 g/mol. The van der Waals surface area contributed by atoms with E-state index in [-0.39, 0.29) is 11.9 Å². The van der Waals surface area contributed by atoms with Crippen molar-refractivity contribution in [1.82, 2.24) is 20.1 Å². The van der Waals surface area contributed by atoms with Crippen LogP contribution in [0.5, 0.6) is 0 Å². The molecule has 1 amide bonds. The number of rotatable bonds is 6. The highest BCUT2D eigenvalue weighted by atomic mass is 32.1. The number of nitrogens with one attached hydrogen (secondary N) is 1. The van der Waals surface area contributed by atoms with Crippen LogP contribution in [0.2, 0.25) is 0 Å². The van der Waals surface area contributed by atoms with Crippen LogP contribution in [0.1, 0.15) is 31.2 Å². The van der Waals surface area contributed by atoms with Gasteiger partial charge in [-0.05, 0) is 17.4 Å². The number of carbonyl (C=O) groups is 1. The van der Waals surface area contributed by atoms with Crippen molar-refractivity contribution in [2.75, 3.05) is 0 Å². The molecule has 0 aromatic carbocycles. The van der Waals surface area contributed by atoms with Gasteiger partial charge in [-0.1, -0.05) is 19.9 Å². The van der Waals surface area contributed by atoms with Gasteiger partial charge in [-0.3, -0.25) is 9.48 Å². The van der Waals surface area contributed by atoms with Gasteiger partial charge >= 0.3 is 0 Å². The molecule has 6 heteroatoms. The molecule has 1 atom stereocenters. The molecule has 102 valence electrons. The number of carbonyl (C=O) groups excluding carboxylic acids is 1. The second-order valence-corrected chi connectivity index (χ2v) is 5.69. The fourth-order valence-corrected chi connectivity index (χ4v) is 2.79. The number of hydrogen-bond acceptors (Lipinski definition) is 4. The van der Waals surface area contributed by atoms with E-state index in [1.807, 2.05) is 11.4 Å². The minimum absolute atomic E-state index is 0.0441. The van der Waals surface area contributed by atoms with Crippen molar-refractivity contribution in [3.05, 3.63) is 35.0 Å². The Balaban J connectivity index is 1.89. The van der Waals surface area contributed by atoms with Crippen molar-refractivity contribution in [3.8, 4) is 0 Å². The minimum Gasteiger partial charge on any atom is -0.348 e. The molecule has 2 aromatic heterocycles. The predicted molar refractivity (Wildman–Crippen MR) is 74.7 cm³/mol. The first kappa shape index (κ1) is 13.7. The zero-order valence-corrected chi connectivity index (χ0v) is 11.9. The molecule has 2 aromatic rings. The molecule has 0 fully saturated rings. The molecule has 5 nitrogen and oxygen atoms in total. The Hall–Kier alpha value is -1.69. The molecule has 0 saturated heterocycles. The molecule has 0 aliphatic rings. The Morgan fingerprint density at radius 2 is 2.37 bits per heavy atom. The van der Waals surface area contributed by atoms with E-state index >= 15 is 0 Å². The molecule has 0 bridgehead atoms. The van der Waals surface area contributed by atoms with Gasteiger partial charge in [0.1, 0.15) is 12.7 Å². The van der Waals surface area contributed by atoms with E-state index in [1.54, 1.807) is 22.3 Å². The third-order valence-electron chi connectivity index (χ3n) is 2.87. The van der Waals surface area contributed by atoms with Gasteiger partial charge in [0.25, 0.3) is 0 Å². The van der Waals surface area contributed by atoms with Crippen LogP contribution >= 0.6 is 11.3 Å². The van der Waals surface area contributed by atoms with Crippen LogP contribution in [0.4, 0.5) is 0 Å². The van der Waals surface area contributed by atoms with E-state index < -0.39 is 0 Å². The van der Waals surface area contributed by atoms with Crippen molar-refractivity contribution in [2.45, 2.75) is 32.9 Å². The number of nitrogens with zero attached hydrogens (tertiary/aromatic N) is 3. The third kappa shape index (κ3) is 3.89. The zero-order valence-electron chi connectivity index (χ0n) is 11.1. The van der Waals surface area contributed by atoms with Gasteiger partial charge in [-0.15, -0.1) is 11.3 Å². The highest BCUT2D eigenvalue weighted by Crippen LogP contribution is 2.25. The molecule has 2 rings (SSSR count). The van der Waals surface area contributed by atoms with Crippen LogP contribution in [-0.2, 0) is 11.3 Å². The zero-order chi connectivity index (χ0) is 13.7. The van der Waals surface area contributed by atoms with E-state index in [9.17, 15) is 4.79 Å². The summed E-state index contributed by atoms with van der Waals surface area (Å²) in [4.78, 5) is 17.0. The first-order valence-electron chi connectivity index (χ1n) is 6.32. The Morgan fingerprint density at radius 1 is 1.53 bits per heavy atom. The van der Waals surface area contributed by atoms with Gasteiger partial charge in [-0.25, -0.2) is 4.98 Å². The molecule has 19 heavy (non-hydrogen) atoms. The molecule has 0 aliphatic carbocycles. The van der Waals surface area contributed by atoms with E-state index in [0.29, 0.717) is 18.9 Å². The Kier molecular flexibility index (Phi) is 4.68. The average Bonchev–Trinajstić information content (AvgIpc) is 3.05. The topological polar surface area (TPSA) is 59.8 Å². The lowest BCUT2D eigenvalue weighted by Crippen LogP contribution is -2.31. The molecule has 1 N–H and O–H groups in total. The molecule has 2 heterocycles.